The third kappa shape index (κ3) is 2.42. The zero-order chi connectivity index (χ0) is 14.7. The summed E-state index contributed by atoms with van der Waals surface area (Å²) in [5.74, 6) is -1.09. The summed E-state index contributed by atoms with van der Waals surface area (Å²) in [6, 6.07) is 3.95. The maximum Gasteiger partial charge on any atom is 0.336 e. The molecule has 20 heavy (non-hydrogen) atoms. The third-order valence-electron chi connectivity index (χ3n) is 2.60. The van der Waals surface area contributed by atoms with E-state index in [-0.39, 0.29) is 5.69 Å². The summed E-state index contributed by atoms with van der Waals surface area (Å²) in [5, 5.41) is 1.94. The molecule has 1 aromatic carbocycles. The van der Waals surface area contributed by atoms with E-state index in [0.717, 1.165) is 4.90 Å². The van der Waals surface area contributed by atoms with Crippen LogP contribution in [0.2, 0.25) is 0 Å². The molecule has 1 N–H and O–H groups in total. The molecular formula is C13H14N2O5. The number of rotatable bonds is 5. The fourth-order valence-electron chi connectivity index (χ4n) is 1.83. The Labute approximate surface area is 115 Å². The molecule has 0 unspecified atom stereocenters. The Morgan fingerprint density at radius 3 is 2.35 bits per heavy atom. The van der Waals surface area contributed by atoms with Crippen molar-refractivity contribution in [3.63, 3.8) is 0 Å². The number of ether oxygens (including phenoxy) is 2. The molecule has 1 heterocycles. The summed E-state index contributed by atoms with van der Waals surface area (Å²) in [6.07, 6.45) is 0. The lowest BCUT2D eigenvalue weighted by atomic mass is 10.2. The van der Waals surface area contributed by atoms with Gasteiger partial charge in [-0.25, -0.2) is 9.69 Å². The maximum atomic E-state index is 11.7. The van der Waals surface area contributed by atoms with Gasteiger partial charge >= 0.3 is 17.8 Å². The van der Waals surface area contributed by atoms with Gasteiger partial charge in [-0.3, -0.25) is 14.9 Å². The number of benzene rings is 1. The van der Waals surface area contributed by atoms with Crippen molar-refractivity contribution in [3.05, 3.63) is 18.2 Å². The van der Waals surface area contributed by atoms with E-state index in [4.69, 9.17) is 9.47 Å². The molecule has 0 saturated carbocycles. The van der Waals surface area contributed by atoms with Crippen LogP contribution in [0.15, 0.2) is 18.2 Å². The zero-order valence-corrected chi connectivity index (χ0v) is 11.1. The first-order valence-corrected chi connectivity index (χ1v) is 6.17. The van der Waals surface area contributed by atoms with E-state index in [0.29, 0.717) is 24.7 Å². The molecule has 1 fully saturated rings. The lowest BCUT2D eigenvalue weighted by molar-refractivity contribution is -0.134. The summed E-state index contributed by atoms with van der Waals surface area (Å²) in [5.41, 5.74) is 0.186. The lowest BCUT2D eigenvalue weighted by Crippen LogP contribution is -2.31. The molecule has 0 bridgehead atoms. The topological polar surface area (TPSA) is 84.9 Å². The van der Waals surface area contributed by atoms with Gasteiger partial charge in [0.1, 0.15) is 11.5 Å². The molecule has 2 rings (SSSR count). The third-order valence-corrected chi connectivity index (χ3v) is 2.60. The summed E-state index contributed by atoms with van der Waals surface area (Å²) in [4.78, 5) is 35.4. The van der Waals surface area contributed by atoms with Gasteiger partial charge < -0.3 is 9.47 Å². The highest BCUT2D eigenvalue weighted by Crippen LogP contribution is 2.34. The largest absolute Gasteiger partial charge is 0.494 e. The van der Waals surface area contributed by atoms with Crippen molar-refractivity contribution in [3.8, 4) is 11.5 Å². The van der Waals surface area contributed by atoms with Crippen LogP contribution in [-0.4, -0.2) is 31.1 Å². The Kier molecular flexibility index (Phi) is 3.88. The zero-order valence-electron chi connectivity index (χ0n) is 11.1. The van der Waals surface area contributed by atoms with E-state index in [2.05, 4.69) is 0 Å². The van der Waals surface area contributed by atoms with Crippen LogP contribution in [0.25, 0.3) is 0 Å². The van der Waals surface area contributed by atoms with Crippen molar-refractivity contribution in [2.45, 2.75) is 13.8 Å². The van der Waals surface area contributed by atoms with Crippen LogP contribution in [0, 0.1) is 0 Å². The van der Waals surface area contributed by atoms with Gasteiger partial charge in [-0.05, 0) is 26.0 Å². The molecule has 0 aliphatic carbocycles. The van der Waals surface area contributed by atoms with Crippen LogP contribution in [-0.2, 0) is 9.59 Å². The predicted molar refractivity (Wildman–Crippen MR) is 69.8 cm³/mol. The van der Waals surface area contributed by atoms with Gasteiger partial charge in [0.2, 0.25) is 0 Å². The number of carbonyl (C=O) groups excluding carboxylic acids is 3. The number of hydrogen-bond donors (Lipinski definition) is 1. The Bertz CT molecular complexity index is 570. The number of nitrogens with zero attached hydrogens (tertiary/aromatic N) is 1. The summed E-state index contributed by atoms with van der Waals surface area (Å²) in [6.45, 7) is 4.38. The van der Waals surface area contributed by atoms with Crippen molar-refractivity contribution in [1.29, 1.82) is 0 Å². The van der Waals surface area contributed by atoms with E-state index in [1.54, 1.807) is 19.1 Å². The van der Waals surface area contributed by atoms with Gasteiger partial charge in [0.25, 0.3) is 0 Å². The van der Waals surface area contributed by atoms with Crippen molar-refractivity contribution >= 4 is 23.5 Å². The molecule has 4 amide bonds. The van der Waals surface area contributed by atoms with Crippen LogP contribution < -0.4 is 19.7 Å². The Balaban J connectivity index is 2.46. The highest BCUT2D eigenvalue weighted by atomic mass is 16.5. The second-order valence-corrected chi connectivity index (χ2v) is 3.90. The van der Waals surface area contributed by atoms with E-state index >= 15 is 0 Å². The predicted octanol–water partition coefficient (Wildman–Crippen LogP) is 1.07. The first-order valence-electron chi connectivity index (χ1n) is 6.17. The van der Waals surface area contributed by atoms with Crippen LogP contribution >= 0.6 is 0 Å². The number of carbonyl (C=O) groups is 3. The SMILES string of the molecule is CCOc1ccc(OCC)c(N2C(=O)NC(=O)C2=O)c1. The lowest BCUT2D eigenvalue weighted by Gasteiger charge is -2.17. The molecule has 0 radical (unpaired) electrons. The molecule has 1 aliphatic rings. The molecule has 1 saturated heterocycles. The second-order valence-electron chi connectivity index (χ2n) is 3.90. The minimum Gasteiger partial charge on any atom is -0.494 e. The molecule has 0 spiro atoms. The van der Waals surface area contributed by atoms with Gasteiger partial charge in [0, 0.05) is 6.07 Å². The molecular weight excluding hydrogens is 264 g/mol. The average molecular weight is 278 g/mol. The van der Waals surface area contributed by atoms with Gasteiger partial charge in [-0.15, -0.1) is 0 Å². The van der Waals surface area contributed by atoms with Crippen molar-refractivity contribution in [1.82, 2.24) is 5.32 Å². The van der Waals surface area contributed by atoms with E-state index in [9.17, 15) is 14.4 Å². The Morgan fingerprint density at radius 1 is 1.10 bits per heavy atom. The number of urea groups is 1. The molecule has 7 nitrogen and oxygen atoms in total. The smallest absolute Gasteiger partial charge is 0.336 e. The van der Waals surface area contributed by atoms with Crippen molar-refractivity contribution in [2.75, 3.05) is 18.1 Å². The molecule has 0 aromatic heterocycles. The van der Waals surface area contributed by atoms with Crippen LogP contribution in [0.1, 0.15) is 13.8 Å². The Hall–Kier alpha value is -2.57. The van der Waals surface area contributed by atoms with Crippen molar-refractivity contribution in [2.24, 2.45) is 0 Å². The number of nitrogens with one attached hydrogen (secondary N) is 1. The normalized spacial score (nSPS) is 14.5. The number of amides is 4. The number of imide groups is 2. The highest BCUT2D eigenvalue weighted by Gasteiger charge is 2.39. The Morgan fingerprint density at radius 2 is 1.80 bits per heavy atom. The minimum atomic E-state index is -0.959. The fraction of sp³-hybridized carbons (Fsp3) is 0.308. The maximum absolute atomic E-state index is 11.7. The van der Waals surface area contributed by atoms with Crippen LogP contribution in [0.3, 0.4) is 0 Å². The molecule has 1 aliphatic heterocycles. The van der Waals surface area contributed by atoms with E-state index < -0.39 is 17.8 Å². The first kappa shape index (κ1) is 13.9. The van der Waals surface area contributed by atoms with Crippen LogP contribution in [0.5, 0.6) is 11.5 Å². The summed E-state index contributed by atoms with van der Waals surface area (Å²) in [7, 11) is 0. The first-order chi connectivity index (χ1) is 9.58. The van der Waals surface area contributed by atoms with Gasteiger partial charge in [-0.1, -0.05) is 0 Å². The van der Waals surface area contributed by atoms with Gasteiger partial charge in [0.15, 0.2) is 0 Å². The molecule has 106 valence electrons. The van der Waals surface area contributed by atoms with Crippen LogP contribution in [0.4, 0.5) is 10.5 Å². The van der Waals surface area contributed by atoms with E-state index in [1.807, 2.05) is 12.2 Å². The number of hydrogen-bond acceptors (Lipinski definition) is 5. The van der Waals surface area contributed by atoms with Gasteiger partial charge in [-0.2, -0.15) is 0 Å². The summed E-state index contributed by atoms with van der Waals surface area (Å²) < 4.78 is 10.7. The second kappa shape index (κ2) is 5.60. The fourth-order valence-corrected chi connectivity index (χ4v) is 1.83. The molecule has 7 heteroatoms. The molecule has 1 aromatic rings. The van der Waals surface area contributed by atoms with Gasteiger partial charge in [0.05, 0.1) is 18.9 Å². The number of anilines is 1. The average Bonchev–Trinajstić information content (AvgIpc) is 2.66. The summed E-state index contributed by atoms with van der Waals surface area (Å²) >= 11 is 0. The minimum absolute atomic E-state index is 0.186. The highest BCUT2D eigenvalue weighted by molar-refractivity contribution is 6.53. The monoisotopic (exact) mass is 278 g/mol. The standard InChI is InChI=1S/C13H14N2O5/c1-3-19-8-5-6-10(20-4-2)9(7-8)15-12(17)11(16)14-13(15)18/h5-7H,3-4H2,1-2H3,(H,14,16,18). The van der Waals surface area contributed by atoms with Crippen molar-refractivity contribution < 1.29 is 23.9 Å². The quantitative estimate of drug-likeness (QED) is 0.643. The van der Waals surface area contributed by atoms with E-state index in [1.165, 1.54) is 6.07 Å². The molecule has 0 atom stereocenters.